The van der Waals surface area contributed by atoms with E-state index in [9.17, 15) is 13.6 Å². The molecule has 3 heterocycles. The van der Waals surface area contributed by atoms with Gasteiger partial charge in [0.05, 0.1) is 35.5 Å². The van der Waals surface area contributed by atoms with E-state index in [-0.39, 0.29) is 23.6 Å². The van der Waals surface area contributed by atoms with Crippen LogP contribution >= 0.6 is 0 Å². The first-order chi connectivity index (χ1) is 15.4. The van der Waals surface area contributed by atoms with Crippen LogP contribution in [0.5, 0.6) is 0 Å². The highest BCUT2D eigenvalue weighted by Crippen LogP contribution is 2.32. The van der Waals surface area contributed by atoms with Crippen molar-refractivity contribution in [3.05, 3.63) is 47.9 Å². The lowest BCUT2D eigenvalue weighted by Gasteiger charge is -2.19. The number of carbonyl (C=O) groups excluding carboxylic acids is 1. The monoisotopic (exact) mass is 456 g/mol. The molecular weight excluding hydrogens is 430 g/mol. The average molecular weight is 457 g/mol. The van der Waals surface area contributed by atoms with E-state index in [4.69, 9.17) is 0 Å². The zero-order valence-corrected chi connectivity index (χ0v) is 19.3. The number of halogens is 2. The molecule has 0 aliphatic rings. The fourth-order valence-corrected chi connectivity index (χ4v) is 2.94. The third-order valence-corrected chi connectivity index (χ3v) is 4.87. The van der Waals surface area contributed by atoms with Crippen molar-refractivity contribution in [2.45, 2.75) is 39.7 Å². The van der Waals surface area contributed by atoms with Gasteiger partial charge in [-0.1, -0.05) is 0 Å². The fraction of sp³-hybridized carbons (Fsp3) is 0.364. The molecule has 2 N–H and O–H groups in total. The van der Waals surface area contributed by atoms with Crippen LogP contribution in [0.25, 0.3) is 11.3 Å². The lowest BCUT2D eigenvalue weighted by Crippen LogP contribution is -2.18. The number of alkyl halides is 2. The minimum atomic E-state index is -3.20. The second-order valence-electron chi connectivity index (χ2n) is 7.99. The Kier molecular flexibility index (Phi) is 6.92. The van der Waals surface area contributed by atoms with Gasteiger partial charge in [-0.05, 0) is 27.9 Å². The van der Waals surface area contributed by atoms with Crippen molar-refractivity contribution < 1.29 is 13.6 Å². The van der Waals surface area contributed by atoms with Gasteiger partial charge >= 0.3 is 5.92 Å². The average Bonchev–Trinajstić information content (AvgIpc) is 2.72. The van der Waals surface area contributed by atoms with Gasteiger partial charge in [-0.3, -0.25) is 14.8 Å². The van der Waals surface area contributed by atoms with Gasteiger partial charge in [0.1, 0.15) is 11.6 Å². The molecule has 3 rings (SSSR count). The number of hydrogen-bond donors (Lipinski definition) is 2. The number of aromatic nitrogens is 5. The number of pyridine rings is 1. The standard InChI is InChI=1S/C22H26F2N8O/c1-12-7-20(31-21(28-12)22(4,23)24)30-16-8-19(29-14(3)33)27-9-15(16)18-11-25-17(10-26-18)13(2)32(5)6/h7-11,13H,1-6H3,(H2,27,28,29,30,31,33)/t13-/m1/s1. The van der Waals surface area contributed by atoms with Crippen LogP contribution in [0, 0.1) is 6.92 Å². The molecule has 3 aromatic rings. The van der Waals surface area contributed by atoms with Gasteiger partial charge in [-0.15, -0.1) is 0 Å². The van der Waals surface area contributed by atoms with Gasteiger partial charge in [0.2, 0.25) is 11.7 Å². The summed E-state index contributed by atoms with van der Waals surface area (Å²) in [4.78, 5) is 34.6. The molecule has 0 saturated carbocycles. The third kappa shape index (κ3) is 6.01. The van der Waals surface area contributed by atoms with Crippen molar-refractivity contribution in [1.82, 2.24) is 29.8 Å². The maximum absolute atomic E-state index is 13.8. The lowest BCUT2D eigenvalue weighted by atomic mass is 10.1. The molecule has 0 bridgehead atoms. The molecule has 0 aliphatic carbocycles. The second-order valence-corrected chi connectivity index (χ2v) is 7.99. The number of nitrogens with one attached hydrogen (secondary N) is 2. The molecule has 33 heavy (non-hydrogen) atoms. The first-order valence-electron chi connectivity index (χ1n) is 10.2. The Morgan fingerprint density at radius 3 is 2.36 bits per heavy atom. The van der Waals surface area contributed by atoms with Gasteiger partial charge < -0.3 is 15.5 Å². The quantitative estimate of drug-likeness (QED) is 0.548. The molecule has 0 unspecified atom stereocenters. The second kappa shape index (κ2) is 9.49. The molecule has 0 radical (unpaired) electrons. The summed E-state index contributed by atoms with van der Waals surface area (Å²) < 4.78 is 27.7. The first kappa shape index (κ1) is 24.1. The Morgan fingerprint density at radius 2 is 1.79 bits per heavy atom. The maximum Gasteiger partial charge on any atom is 0.303 e. The summed E-state index contributed by atoms with van der Waals surface area (Å²) in [6, 6.07) is 3.20. The molecule has 0 aromatic carbocycles. The van der Waals surface area contributed by atoms with Crippen molar-refractivity contribution in [3.63, 3.8) is 0 Å². The van der Waals surface area contributed by atoms with E-state index >= 15 is 0 Å². The molecule has 0 fully saturated rings. The van der Waals surface area contributed by atoms with E-state index < -0.39 is 11.7 Å². The molecular formula is C22H26F2N8O. The van der Waals surface area contributed by atoms with Crippen molar-refractivity contribution >= 4 is 23.2 Å². The summed E-state index contributed by atoms with van der Waals surface area (Å²) in [6.07, 6.45) is 4.82. The van der Waals surface area contributed by atoms with Crippen molar-refractivity contribution in [2.24, 2.45) is 0 Å². The Labute approximate surface area is 190 Å². The molecule has 174 valence electrons. The van der Waals surface area contributed by atoms with Crippen molar-refractivity contribution in [1.29, 1.82) is 0 Å². The number of rotatable bonds is 7. The fourth-order valence-electron chi connectivity index (χ4n) is 2.94. The number of aryl methyl sites for hydroxylation is 1. The Balaban J connectivity index is 2.04. The van der Waals surface area contributed by atoms with Crippen LogP contribution in [0.1, 0.15) is 44.0 Å². The summed E-state index contributed by atoms with van der Waals surface area (Å²) in [5.74, 6) is -3.63. The molecule has 3 aromatic heterocycles. The van der Waals surface area contributed by atoms with E-state index in [0.29, 0.717) is 22.6 Å². The lowest BCUT2D eigenvalue weighted by molar-refractivity contribution is -0.114. The molecule has 0 saturated heterocycles. The van der Waals surface area contributed by atoms with Crippen LogP contribution in [0.4, 0.5) is 26.1 Å². The van der Waals surface area contributed by atoms with Crippen LogP contribution in [-0.2, 0) is 10.7 Å². The van der Waals surface area contributed by atoms with Crippen molar-refractivity contribution in [3.8, 4) is 11.3 Å². The van der Waals surface area contributed by atoms with E-state index in [2.05, 4.69) is 35.6 Å². The van der Waals surface area contributed by atoms with E-state index in [1.54, 1.807) is 31.5 Å². The maximum atomic E-state index is 13.8. The zero-order chi connectivity index (χ0) is 24.3. The largest absolute Gasteiger partial charge is 0.339 e. The Bertz CT molecular complexity index is 1150. The minimum Gasteiger partial charge on any atom is -0.339 e. The van der Waals surface area contributed by atoms with Gasteiger partial charge in [-0.2, -0.15) is 8.78 Å². The molecule has 1 atom stereocenters. The molecule has 0 spiro atoms. The van der Waals surface area contributed by atoms with Crippen LogP contribution in [0.2, 0.25) is 0 Å². The summed E-state index contributed by atoms with van der Waals surface area (Å²) in [7, 11) is 3.90. The minimum absolute atomic E-state index is 0.0718. The van der Waals surface area contributed by atoms with E-state index in [0.717, 1.165) is 12.6 Å². The van der Waals surface area contributed by atoms with Gasteiger partial charge in [0.15, 0.2) is 0 Å². The van der Waals surface area contributed by atoms with Gasteiger partial charge in [-0.25, -0.2) is 15.0 Å². The van der Waals surface area contributed by atoms with Crippen LogP contribution < -0.4 is 10.6 Å². The Hall–Kier alpha value is -3.60. The summed E-state index contributed by atoms with van der Waals surface area (Å²) in [5.41, 5.74) is 2.70. The van der Waals surface area contributed by atoms with Crippen LogP contribution in [0.3, 0.4) is 0 Å². The highest BCUT2D eigenvalue weighted by Gasteiger charge is 2.29. The molecule has 0 aliphatic heterocycles. The number of carbonyl (C=O) groups is 1. The predicted molar refractivity (Wildman–Crippen MR) is 121 cm³/mol. The van der Waals surface area contributed by atoms with Crippen LogP contribution in [-0.4, -0.2) is 49.8 Å². The van der Waals surface area contributed by atoms with E-state index in [1.165, 1.54) is 13.1 Å². The third-order valence-electron chi connectivity index (χ3n) is 4.87. The summed E-state index contributed by atoms with van der Waals surface area (Å²) >= 11 is 0. The topological polar surface area (TPSA) is 109 Å². The number of anilines is 3. The molecule has 11 heteroatoms. The van der Waals surface area contributed by atoms with Crippen LogP contribution in [0.15, 0.2) is 30.7 Å². The zero-order valence-electron chi connectivity index (χ0n) is 19.3. The predicted octanol–water partition coefficient (Wildman–Crippen LogP) is 4.07. The summed E-state index contributed by atoms with van der Waals surface area (Å²) in [5, 5.41) is 5.65. The highest BCUT2D eigenvalue weighted by molar-refractivity contribution is 5.89. The van der Waals surface area contributed by atoms with Gasteiger partial charge in [0, 0.05) is 43.4 Å². The number of amides is 1. The first-order valence-corrected chi connectivity index (χ1v) is 10.2. The van der Waals surface area contributed by atoms with Crippen molar-refractivity contribution in [2.75, 3.05) is 24.7 Å². The normalized spacial score (nSPS) is 12.5. The SMILES string of the molecule is CC(=O)Nc1cc(Nc2cc(C)nc(C(C)(F)F)n2)c(-c2cnc([C@@H](C)N(C)C)cn2)cn1. The number of nitrogens with zero attached hydrogens (tertiary/aromatic N) is 6. The van der Waals surface area contributed by atoms with Gasteiger partial charge in [0.25, 0.3) is 0 Å². The molecule has 1 amide bonds. The number of hydrogen-bond acceptors (Lipinski definition) is 8. The summed E-state index contributed by atoms with van der Waals surface area (Å²) in [6.45, 7) is 5.72. The molecule has 9 nitrogen and oxygen atoms in total. The smallest absolute Gasteiger partial charge is 0.303 e. The van der Waals surface area contributed by atoms with E-state index in [1.807, 2.05) is 25.9 Å². The Morgan fingerprint density at radius 1 is 1.06 bits per heavy atom. The highest BCUT2D eigenvalue weighted by atomic mass is 19.3.